The van der Waals surface area contributed by atoms with Crippen molar-refractivity contribution >= 4 is 17.8 Å². The summed E-state index contributed by atoms with van der Waals surface area (Å²) < 4.78 is 5.82. The number of ether oxygens (including phenoxy) is 1. The molecule has 0 saturated heterocycles. The van der Waals surface area contributed by atoms with Gasteiger partial charge in [-0.05, 0) is 77.5 Å². The van der Waals surface area contributed by atoms with E-state index in [-0.39, 0.29) is 6.03 Å². The summed E-state index contributed by atoms with van der Waals surface area (Å²) in [5.74, 6) is 1.15. The summed E-state index contributed by atoms with van der Waals surface area (Å²) in [6, 6.07) is 4.71. The predicted molar refractivity (Wildman–Crippen MR) is 150 cm³/mol. The minimum absolute atomic E-state index is 0.299. The fraction of sp³-hybridized carbons (Fsp3) is 0.607. The van der Waals surface area contributed by atoms with Crippen molar-refractivity contribution in [1.82, 2.24) is 30.1 Å². The van der Waals surface area contributed by atoms with Crippen LogP contribution >= 0.6 is 0 Å². The van der Waals surface area contributed by atoms with Crippen molar-refractivity contribution in [3.05, 3.63) is 41.5 Å². The first-order valence-electron chi connectivity index (χ1n) is 14.0. The molecule has 2 amide bonds. The van der Waals surface area contributed by atoms with Crippen molar-refractivity contribution in [2.75, 3.05) is 51.2 Å². The van der Waals surface area contributed by atoms with E-state index in [1.165, 1.54) is 5.56 Å². The van der Waals surface area contributed by atoms with Crippen LogP contribution in [0.2, 0.25) is 0 Å². The minimum Gasteiger partial charge on any atom is -0.480 e. The Labute approximate surface area is 231 Å². The maximum Gasteiger partial charge on any atom is 0.326 e. The molecular formula is C28H43N7O4. The van der Waals surface area contributed by atoms with Crippen molar-refractivity contribution in [1.29, 1.82) is 0 Å². The van der Waals surface area contributed by atoms with Gasteiger partial charge in [0.1, 0.15) is 24.3 Å². The Kier molecular flexibility index (Phi) is 12.2. The topological polar surface area (TPSA) is 133 Å². The Hall–Kier alpha value is -3.47. The number of fused-ring (bicyclic) bond motifs is 1. The molecule has 1 aliphatic rings. The third-order valence-electron chi connectivity index (χ3n) is 6.90. The highest BCUT2D eigenvalue weighted by atomic mass is 16.5. The van der Waals surface area contributed by atoms with E-state index in [2.05, 4.69) is 37.6 Å². The lowest BCUT2D eigenvalue weighted by Gasteiger charge is -2.26. The molecular weight excluding hydrogens is 498 g/mol. The fourth-order valence-electron chi connectivity index (χ4n) is 4.60. The number of aryl methyl sites for hydroxylation is 3. The van der Waals surface area contributed by atoms with E-state index in [0.717, 1.165) is 56.7 Å². The summed E-state index contributed by atoms with van der Waals surface area (Å²) in [6.07, 6.45) is 6.97. The zero-order chi connectivity index (χ0) is 28.0. The molecule has 0 unspecified atom stereocenters. The molecule has 11 nitrogen and oxygen atoms in total. The average Bonchev–Trinajstić information content (AvgIpc) is 2.93. The normalized spacial score (nSPS) is 13.3. The fourth-order valence-corrected chi connectivity index (χ4v) is 4.60. The lowest BCUT2D eigenvalue weighted by Crippen LogP contribution is -2.49. The molecule has 3 heterocycles. The van der Waals surface area contributed by atoms with Gasteiger partial charge in [0, 0.05) is 50.7 Å². The van der Waals surface area contributed by atoms with E-state index in [1.54, 1.807) is 17.2 Å². The number of hydrogen-bond donors (Lipinski definition) is 3. The van der Waals surface area contributed by atoms with Gasteiger partial charge < -0.3 is 25.4 Å². The molecule has 2 aromatic rings. The minimum atomic E-state index is -1.03. The second-order valence-electron chi connectivity index (χ2n) is 9.73. The van der Waals surface area contributed by atoms with E-state index in [0.29, 0.717) is 50.9 Å². The monoisotopic (exact) mass is 541 g/mol. The molecule has 1 aliphatic heterocycles. The van der Waals surface area contributed by atoms with Crippen LogP contribution in [-0.2, 0) is 17.6 Å². The van der Waals surface area contributed by atoms with Crippen LogP contribution in [-0.4, -0.2) is 93.8 Å². The molecule has 0 radical (unpaired) electrons. The molecule has 0 fully saturated rings. The highest BCUT2D eigenvalue weighted by Crippen LogP contribution is 2.20. The smallest absolute Gasteiger partial charge is 0.326 e. The highest BCUT2D eigenvalue weighted by molar-refractivity contribution is 5.82. The number of anilines is 1. The van der Waals surface area contributed by atoms with Crippen LogP contribution in [0.1, 0.15) is 56.6 Å². The van der Waals surface area contributed by atoms with Crippen molar-refractivity contribution in [2.24, 2.45) is 0 Å². The summed E-state index contributed by atoms with van der Waals surface area (Å²) in [5, 5.41) is 15.8. The van der Waals surface area contributed by atoms with Crippen molar-refractivity contribution in [2.45, 2.75) is 65.3 Å². The number of aliphatic carboxylic acids is 1. The molecule has 0 spiro atoms. The number of nitrogens with zero attached hydrogens (tertiary/aromatic N) is 5. The van der Waals surface area contributed by atoms with Crippen molar-refractivity contribution in [3.63, 3.8) is 0 Å². The number of nitrogens with one attached hydrogen (secondary N) is 2. The van der Waals surface area contributed by atoms with Crippen molar-refractivity contribution < 1.29 is 19.4 Å². The van der Waals surface area contributed by atoms with Crippen LogP contribution in [0.25, 0.3) is 0 Å². The lowest BCUT2D eigenvalue weighted by molar-refractivity contribution is -0.139. The zero-order valence-corrected chi connectivity index (χ0v) is 23.5. The van der Waals surface area contributed by atoms with Gasteiger partial charge in [0.15, 0.2) is 0 Å². The quantitative estimate of drug-likeness (QED) is 0.274. The Bertz CT molecular complexity index is 1060. The summed E-state index contributed by atoms with van der Waals surface area (Å²) >= 11 is 0. The van der Waals surface area contributed by atoms with E-state index in [1.807, 2.05) is 20.8 Å². The summed E-state index contributed by atoms with van der Waals surface area (Å²) in [4.78, 5) is 41.3. The largest absolute Gasteiger partial charge is 0.480 e. The Morgan fingerprint density at radius 2 is 1.95 bits per heavy atom. The van der Waals surface area contributed by atoms with Gasteiger partial charge >= 0.3 is 12.0 Å². The number of urea groups is 1. The van der Waals surface area contributed by atoms with Crippen LogP contribution in [0.3, 0.4) is 0 Å². The number of carbonyl (C=O) groups is 2. The first-order chi connectivity index (χ1) is 18.9. The van der Waals surface area contributed by atoms with Gasteiger partial charge in [0.25, 0.3) is 0 Å². The van der Waals surface area contributed by atoms with E-state index < -0.39 is 12.0 Å². The first-order valence-corrected chi connectivity index (χ1v) is 14.0. The number of amides is 2. The number of carboxylic acid groups (broad SMARTS) is 1. The Morgan fingerprint density at radius 3 is 2.69 bits per heavy atom. The second-order valence-corrected chi connectivity index (χ2v) is 9.73. The number of aromatic nitrogens is 3. The van der Waals surface area contributed by atoms with Crippen LogP contribution in [0, 0.1) is 6.92 Å². The number of carboxylic acids is 1. The molecule has 3 N–H and O–H groups in total. The average molecular weight is 542 g/mol. The number of rotatable bonds is 16. The molecule has 11 heteroatoms. The molecule has 1 atom stereocenters. The maximum atomic E-state index is 12.5. The Morgan fingerprint density at radius 1 is 1.13 bits per heavy atom. The van der Waals surface area contributed by atoms with Crippen LogP contribution < -0.4 is 15.4 Å². The van der Waals surface area contributed by atoms with Crippen LogP contribution in [0.15, 0.2) is 24.4 Å². The lowest BCUT2D eigenvalue weighted by atomic mass is 10.1. The summed E-state index contributed by atoms with van der Waals surface area (Å²) in [5.41, 5.74) is 2.37. The van der Waals surface area contributed by atoms with Gasteiger partial charge in [0.2, 0.25) is 5.88 Å². The van der Waals surface area contributed by atoms with E-state index >= 15 is 0 Å². The number of pyridine rings is 1. The van der Waals surface area contributed by atoms with Gasteiger partial charge in [-0.15, -0.1) is 0 Å². The van der Waals surface area contributed by atoms with Gasteiger partial charge in [0.05, 0.1) is 0 Å². The van der Waals surface area contributed by atoms with Crippen molar-refractivity contribution in [3.8, 4) is 5.88 Å². The van der Waals surface area contributed by atoms with E-state index in [4.69, 9.17) is 9.72 Å². The second kappa shape index (κ2) is 15.8. The third kappa shape index (κ3) is 9.97. The van der Waals surface area contributed by atoms with Crippen LogP contribution in [0.5, 0.6) is 5.88 Å². The molecule has 39 heavy (non-hydrogen) atoms. The SMILES string of the molecule is CCN(CC)C(=O)N[C@@H](CCN(CCCCc1ccc2c(n1)NCCC2)CCOc1ccnc(C)n1)C(=O)O. The van der Waals surface area contributed by atoms with Gasteiger partial charge in [-0.25, -0.2) is 19.6 Å². The van der Waals surface area contributed by atoms with Gasteiger partial charge in [-0.3, -0.25) is 4.90 Å². The molecule has 0 aromatic carbocycles. The van der Waals surface area contributed by atoms with Gasteiger partial charge in [-0.2, -0.15) is 4.98 Å². The standard InChI is InChI=1S/C28H43N7O4/c1-4-35(5-2)28(38)33-24(27(36)37)14-18-34(19-20-39-25-13-16-29-21(3)31-25)17-7-6-10-23-12-11-22-9-8-15-30-26(22)32-23/h11-13,16,24H,4-10,14-15,17-20H2,1-3H3,(H,30,32)(H,33,38)(H,36,37)/t24-/m0/s1. The number of unbranched alkanes of at least 4 members (excludes halogenated alkanes) is 1. The summed E-state index contributed by atoms with van der Waals surface area (Å²) in [6.45, 7) is 9.90. The predicted octanol–water partition coefficient (Wildman–Crippen LogP) is 3.14. The molecule has 3 rings (SSSR count). The summed E-state index contributed by atoms with van der Waals surface area (Å²) in [7, 11) is 0. The molecule has 0 aliphatic carbocycles. The maximum absolute atomic E-state index is 12.5. The van der Waals surface area contributed by atoms with E-state index in [9.17, 15) is 14.7 Å². The van der Waals surface area contributed by atoms with Crippen LogP contribution in [0.4, 0.5) is 10.6 Å². The molecule has 0 saturated carbocycles. The zero-order valence-electron chi connectivity index (χ0n) is 23.5. The first kappa shape index (κ1) is 30.1. The third-order valence-corrected chi connectivity index (χ3v) is 6.90. The highest BCUT2D eigenvalue weighted by Gasteiger charge is 2.23. The Balaban J connectivity index is 1.53. The molecule has 214 valence electrons. The number of carbonyl (C=O) groups excluding carboxylic acids is 1. The van der Waals surface area contributed by atoms with Gasteiger partial charge in [-0.1, -0.05) is 6.07 Å². The number of hydrogen-bond acceptors (Lipinski definition) is 8. The molecule has 2 aromatic heterocycles. The molecule has 0 bridgehead atoms.